The molecule has 1 aliphatic carbocycles. The maximum absolute atomic E-state index is 12.4. The lowest BCUT2D eigenvalue weighted by atomic mass is 10.2. The summed E-state index contributed by atoms with van der Waals surface area (Å²) in [5.41, 5.74) is 2.94. The first-order chi connectivity index (χ1) is 10.6. The first kappa shape index (κ1) is 15.0. The lowest BCUT2D eigenvalue weighted by Gasteiger charge is -2.11. The number of carbonyl (C=O) groups excluding carboxylic acids is 1. The Morgan fingerprint density at radius 1 is 1.55 bits per heavy atom. The van der Waals surface area contributed by atoms with Crippen LogP contribution < -0.4 is 5.32 Å². The zero-order chi connectivity index (χ0) is 15.7. The SMILES string of the molecule is COCCc1cc(C)n2cnc(C(=O)NC(C)C3CC3)c2n1. The molecule has 6 heteroatoms. The second kappa shape index (κ2) is 6.04. The largest absolute Gasteiger partial charge is 0.384 e. The Balaban J connectivity index is 1.88. The van der Waals surface area contributed by atoms with Crippen molar-refractivity contribution in [1.82, 2.24) is 19.7 Å². The molecule has 0 spiro atoms. The third-order valence-electron chi connectivity index (χ3n) is 4.21. The standard InChI is InChI=1S/C16H22N4O2/c1-10-8-13(6-7-22-3)19-15-14(17-9-20(10)15)16(21)18-11(2)12-4-5-12/h8-9,11-12H,4-7H2,1-3H3,(H,18,21). The van der Waals surface area contributed by atoms with E-state index in [-0.39, 0.29) is 11.9 Å². The molecule has 1 N–H and O–H groups in total. The minimum Gasteiger partial charge on any atom is -0.384 e. The van der Waals surface area contributed by atoms with Crippen molar-refractivity contribution in [2.45, 2.75) is 39.2 Å². The van der Waals surface area contributed by atoms with Crippen LogP contribution in [0.25, 0.3) is 5.65 Å². The van der Waals surface area contributed by atoms with Gasteiger partial charge in [0.05, 0.1) is 6.61 Å². The van der Waals surface area contributed by atoms with Crippen molar-refractivity contribution in [3.8, 4) is 0 Å². The number of aromatic nitrogens is 3. The number of carbonyl (C=O) groups is 1. The van der Waals surface area contributed by atoms with Crippen LogP contribution in [0.5, 0.6) is 0 Å². The molecule has 1 fully saturated rings. The average molecular weight is 302 g/mol. The molecule has 1 aliphatic rings. The van der Waals surface area contributed by atoms with E-state index in [1.54, 1.807) is 13.4 Å². The van der Waals surface area contributed by atoms with Crippen LogP contribution in [0.15, 0.2) is 12.4 Å². The molecule has 0 radical (unpaired) electrons. The summed E-state index contributed by atoms with van der Waals surface area (Å²) in [6.07, 6.45) is 4.78. The molecule has 0 aromatic carbocycles. The van der Waals surface area contributed by atoms with Crippen molar-refractivity contribution < 1.29 is 9.53 Å². The van der Waals surface area contributed by atoms with E-state index in [4.69, 9.17) is 4.74 Å². The minimum absolute atomic E-state index is 0.141. The van der Waals surface area contributed by atoms with Crippen LogP contribution in [-0.4, -0.2) is 40.0 Å². The number of nitrogens with one attached hydrogen (secondary N) is 1. The van der Waals surface area contributed by atoms with Gasteiger partial charge in [-0.25, -0.2) is 9.97 Å². The van der Waals surface area contributed by atoms with Crippen molar-refractivity contribution in [2.75, 3.05) is 13.7 Å². The lowest BCUT2D eigenvalue weighted by Crippen LogP contribution is -2.34. The highest BCUT2D eigenvalue weighted by molar-refractivity contribution is 5.98. The normalized spacial score (nSPS) is 16.0. The number of amides is 1. The van der Waals surface area contributed by atoms with E-state index in [1.165, 1.54) is 12.8 Å². The molecule has 2 aromatic rings. The Labute approximate surface area is 129 Å². The van der Waals surface area contributed by atoms with Crippen molar-refractivity contribution in [1.29, 1.82) is 0 Å². The fourth-order valence-electron chi connectivity index (χ4n) is 2.67. The van der Waals surface area contributed by atoms with Gasteiger partial charge in [-0.3, -0.25) is 9.20 Å². The van der Waals surface area contributed by atoms with Gasteiger partial charge in [-0.05, 0) is 38.7 Å². The van der Waals surface area contributed by atoms with E-state index in [0.29, 0.717) is 23.9 Å². The number of aryl methyl sites for hydroxylation is 1. The number of ether oxygens (including phenoxy) is 1. The molecule has 6 nitrogen and oxygen atoms in total. The van der Waals surface area contributed by atoms with Gasteiger partial charge in [0.1, 0.15) is 6.33 Å². The molecule has 2 heterocycles. The summed E-state index contributed by atoms with van der Waals surface area (Å²) >= 11 is 0. The zero-order valence-corrected chi connectivity index (χ0v) is 13.3. The van der Waals surface area contributed by atoms with Crippen LogP contribution >= 0.6 is 0 Å². The van der Waals surface area contributed by atoms with Gasteiger partial charge in [0, 0.05) is 31.0 Å². The van der Waals surface area contributed by atoms with Crippen LogP contribution in [-0.2, 0) is 11.2 Å². The number of fused-ring (bicyclic) bond motifs is 1. The summed E-state index contributed by atoms with van der Waals surface area (Å²) in [6, 6.07) is 2.20. The van der Waals surface area contributed by atoms with Gasteiger partial charge in [0.25, 0.3) is 5.91 Å². The van der Waals surface area contributed by atoms with E-state index in [1.807, 2.05) is 17.4 Å². The topological polar surface area (TPSA) is 68.5 Å². The fraction of sp³-hybridized carbons (Fsp3) is 0.562. The fourth-order valence-corrected chi connectivity index (χ4v) is 2.67. The summed E-state index contributed by atoms with van der Waals surface area (Å²) < 4.78 is 6.96. The van der Waals surface area contributed by atoms with Crippen molar-refractivity contribution in [3.05, 3.63) is 29.5 Å². The predicted octanol–water partition coefficient (Wildman–Crippen LogP) is 1.75. The van der Waals surface area contributed by atoms with Crippen LogP contribution in [0.4, 0.5) is 0 Å². The molecule has 0 aliphatic heterocycles. The highest BCUT2D eigenvalue weighted by atomic mass is 16.5. The van der Waals surface area contributed by atoms with E-state index >= 15 is 0 Å². The molecule has 2 aromatic heterocycles. The third-order valence-corrected chi connectivity index (χ3v) is 4.21. The summed E-state index contributed by atoms with van der Waals surface area (Å²) in [7, 11) is 1.67. The number of hydrogen-bond acceptors (Lipinski definition) is 4. The number of methoxy groups -OCH3 is 1. The van der Waals surface area contributed by atoms with Crippen LogP contribution in [0, 0.1) is 12.8 Å². The van der Waals surface area contributed by atoms with Gasteiger partial charge in [-0.2, -0.15) is 0 Å². The zero-order valence-electron chi connectivity index (χ0n) is 13.3. The van der Waals surface area contributed by atoms with Crippen LogP contribution in [0.1, 0.15) is 41.6 Å². The number of imidazole rings is 1. The monoisotopic (exact) mass is 302 g/mol. The quantitative estimate of drug-likeness (QED) is 0.883. The highest BCUT2D eigenvalue weighted by Crippen LogP contribution is 2.32. The van der Waals surface area contributed by atoms with Gasteiger partial charge in [-0.1, -0.05) is 0 Å². The van der Waals surface area contributed by atoms with Gasteiger partial charge in [-0.15, -0.1) is 0 Å². The van der Waals surface area contributed by atoms with Gasteiger partial charge in [0.15, 0.2) is 11.3 Å². The van der Waals surface area contributed by atoms with E-state index < -0.39 is 0 Å². The van der Waals surface area contributed by atoms with Crippen LogP contribution in [0.2, 0.25) is 0 Å². The Bertz CT molecular complexity index is 691. The van der Waals surface area contributed by atoms with E-state index in [0.717, 1.165) is 17.8 Å². The van der Waals surface area contributed by atoms with Crippen molar-refractivity contribution in [2.24, 2.45) is 5.92 Å². The maximum Gasteiger partial charge on any atom is 0.274 e. The Morgan fingerprint density at radius 2 is 2.32 bits per heavy atom. The van der Waals surface area contributed by atoms with E-state index in [2.05, 4.69) is 22.2 Å². The minimum atomic E-state index is -0.141. The van der Waals surface area contributed by atoms with Gasteiger partial charge < -0.3 is 10.1 Å². The highest BCUT2D eigenvalue weighted by Gasteiger charge is 2.30. The second-order valence-corrected chi connectivity index (χ2v) is 6.02. The average Bonchev–Trinajstić information content (AvgIpc) is 3.25. The van der Waals surface area contributed by atoms with Crippen LogP contribution in [0.3, 0.4) is 0 Å². The smallest absolute Gasteiger partial charge is 0.274 e. The third kappa shape index (κ3) is 2.97. The molecule has 1 amide bonds. The molecule has 118 valence electrons. The molecular formula is C16H22N4O2. The molecule has 1 atom stereocenters. The molecule has 1 saturated carbocycles. The van der Waals surface area contributed by atoms with Crippen molar-refractivity contribution >= 4 is 11.6 Å². The van der Waals surface area contributed by atoms with Crippen molar-refractivity contribution in [3.63, 3.8) is 0 Å². The first-order valence-corrected chi connectivity index (χ1v) is 7.73. The predicted molar refractivity (Wildman–Crippen MR) is 83.0 cm³/mol. The second-order valence-electron chi connectivity index (χ2n) is 6.02. The molecule has 3 rings (SSSR count). The molecule has 22 heavy (non-hydrogen) atoms. The maximum atomic E-state index is 12.4. The Kier molecular flexibility index (Phi) is 4.11. The molecule has 1 unspecified atom stereocenters. The first-order valence-electron chi connectivity index (χ1n) is 7.73. The number of hydrogen-bond donors (Lipinski definition) is 1. The summed E-state index contributed by atoms with van der Waals surface area (Å²) in [5, 5.41) is 3.04. The molecular weight excluding hydrogens is 280 g/mol. The van der Waals surface area contributed by atoms with Gasteiger partial charge in [0.2, 0.25) is 0 Å². The summed E-state index contributed by atoms with van der Waals surface area (Å²) in [5.74, 6) is 0.475. The number of rotatable bonds is 6. The lowest BCUT2D eigenvalue weighted by molar-refractivity contribution is 0.0933. The molecule has 0 bridgehead atoms. The Morgan fingerprint density at radius 3 is 3.00 bits per heavy atom. The summed E-state index contributed by atoms with van der Waals surface area (Å²) in [6.45, 7) is 4.65. The van der Waals surface area contributed by atoms with Gasteiger partial charge >= 0.3 is 0 Å². The molecule has 0 saturated heterocycles. The van der Waals surface area contributed by atoms with E-state index in [9.17, 15) is 4.79 Å². The number of nitrogens with zero attached hydrogens (tertiary/aromatic N) is 3. The summed E-state index contributed by atoms with van der Waals surface area (Å²) in [4.78, 5) is 21.3. The Hall–Kier alpha value is -1.95.